The van der Waals surface area contributed by atoms with Gasteiger partial charge in [-0.15, -0.1) is 11.3 Å². The molecule has 0 radical (unpaired) electrons. The molecular weight excluding hydrogens is 421 g/mol. The van der Waals surface area contributed by atoms with Crippen LogP contribution in [0, 0.1) is 12.7 Å². The Balaban J connectivity index is 1.40. The molecule has 5 rings (SSSR count). The van der Waals surface area contributed by atoms with E-state index < -0.39 is 0 Å². The van der Waals surface area contributed by atoms with Crippen LogP contribution in [0.15, 0.2) is 48.5 Å². The number of rotatable bonds is 2. The Bertz CT molecular complexity index is 1260. The van der Waals surface area contributed by atoms with Crippen molar-refractivity contribution in [2.45, 2.75) is 6.92 Å². The number of amides is 1. The Morgan fingerprint density at radius 1 is 1.03 bits per heavy atom. The lowest BCUT2D eigenvalue weighted by atomic mass is 10.1. The maximum absolute atomic E-state index is 13.2. The first kappa shape index (κ1) is 19.3. The number of benzene rings is 2. The lowest BCUT2D eigenvalue weighted by molar-refractivity contribution is 0.0752. The summed E-state index contributed by atoms with van der Waals surface area (Å²) in [4.78, 5) is 22.4. The second-order valence-corrected chi connectivity index (χ2v) is 8.94. The van der Waals surface area contributed by atoms with Crippen molar-refractivity contribution in [2.75, 3.05) is 31.1 Å². The quantitative estimate of drug-likeness (QED) is 0.386. The molecule has 0 spiro atoms. The number of hydrogen-bond acceptors (Lipinski definition) is 4. The van der Waals surface area contributed by atoms with Crippen molar-refractivity contribution in [3.8, 4) is 0 Å². The SMILES string of the molecule is Cc1ccc2nc(Cl)c3cc(C(=O)N4CCN(c5ccc(F)cc5)CC4)sc3c2c1. The van der Waals surface area contributed by atoms with Gasteiger partial charge in [-0.2, -0.15) is 0 Å². The van der Waals surface area contributed by atoms with E-state index in [1.165, 1.54) is 23.5 Å². The van der Waals surface area contributed by atoms with Crippen molar-refractivity contribution in [1.29, 1.82) is 0 Å². The molecular formula is C23H19ClFN3OS. The van der Waals surface area contributed by atoms with Gasteiger partial charge in [0.1, 0.15) is 11.0 Å². The van der Waals surface area contributed by atoms with Crippen molar-refractivity contribution >= 4 is 55.5 Å². The van der Waals surface area contributed by atoms with Crippen molar-refractivity contribution in [2.24, 2.45) is 0 Å². The summed E-state index contributed by atoms with van der Waals surface area (Å²) in [6.07, 6.45) is 0. The first-order chi connectivity index (χ1) is 14.5. The summed E-state index contributed by atoms with van der Waals surface area (Å²) in [6.45, 7) is 4.71. The number of nitrogens with zero attached hydrogens (tertiary/aromatic N) is 3. The van der Waals surface area contributed by atoms with Gasteiger partial charge in [-0.05, 0) is 49.4 Å². The predicted octanol–water partition coefficient (Wildman–Crippen LogP) is 5.51. The van der Waals surface area contributed by atoms with Crippen LogP contribution in [-0.4, -0.2) is 42.0 Å². The molecule has 2 aromatic carbocycles. The number of anilines is 1. The number of piperazine rings is 1. The van der Waals surface area contributed by atoms with Gasteiger partial charge < -0.3 is 9.80 Å². The molecule has 1 amide bonds. The minimum Gasteiger partial charge on any atom is -0.368 e. The lowest BCUT2D eigenvalue weighted by Crippen LogP contribution is -2.48. The summed E-state index contributed by atoms with van der Waals surface area (Å²) in [7, 11) is 0. The number of carbonyl (C=O) groups is 1. The molecule has 4 nitrogen and oxygen atoms in total. The number of aryl methyl sites for hydroxylation is 1. The summed E-state index contributed by atoms with van der Waals surface area (Å²) in [6, 6.07) is 14.4. The minimum absolute atomic E-state index is 0.0202. The molecule has 1 fully saturated rings. The molecule has 1 aliphatic heterocycles. The zero-order chi connectivity index (χ0) is 20.8. The van der Waals surface area contributed by atoms with Gasteiger partial charge >= 0.3 is 0 Å². The Hall–Kier alpha value is -2.70. The summed E-state index contributed by atoms with van der Waals surface area (Å²) < 4.78 is 14.2. The Kier molecular flexibility index (Phi) is 4.83. The average molecular weight is 440 g/mol. The standard InChI is InChI=1S/C23H19ClFN3OS/c1-14-2-7-19-17(12-14)21-18(22(24)26-19)13-20(30-21)23(29)28-10-8-27(9-11-28)16-5-3-15(25)4-6-16/h2-7,12-13H,8-11H2,1H3. The molecule has 30 heavy (non-hydrogen) atoms. The summed E-state index contributed by atoms with van der Waals surface area (Å²) in [5.74, 6) is -0.222. The zero-order valence-corrected chi connectivity index (χ0v) is 17.9. The van der Waals surface area contributed by atoms with Gasteiger partial charge in [0.05, 0.1) is 10.4 Å². The fourth-order valence-corrected chi connectivity index (χ4v) is 5.37. The number of aromatic nitrogens is 1. The fraction of sp³-hybridized carbons (Fsp3) is 0.217. The van der Waals surface area contributed by atoms with E-state index in [1.807, 2.05) is 30.0 Å². The number of pyridine rings is 1. The molecule has 0 aliphatic carbocycles. The highest BCUT2D eigenvalue weighted by molar-refractivity contribution is 7.21. The van der Waals surface area contributed by atoms with Crippen LogP contribution >= 0.6 is 22.9 Å². The third-order valence-corrected chi connectivity index (χ3v) is 6.98. The van der Waals surface area contributed by atoms with Crippen molar-refractivity contribution in [1.82, 2.24) is 9.88 Å². The number of halogens is 2. The van der Waals surface area contributed by atoms with Crippen LogP contribution in [0.25, 0.3) is 21.0 Å². The van der Waals surface area contributed by atoms with Crippen molar-refractivity contribution in [3.63, 3.8) is 0 Å². The van der Waals surface area contributed by atoms with Gasteiger partial charge in [0, 0.05) is 47.3 Å². The molecule has 152 valence electrons. The monoisotopic (exact) mass is 439 g/mol. The Labute approximate surface area is 182 Å². The van der Waals surface area contributed by atoms with Crippen LogP contribution in [0.1, 0.15) is 15.2 Å². The van der Waals surface area contributed by atoms with Gasteiger partial charge in [0.2, 0.25) is 0 Å². The minimum atomic E-state index is -0.242. The summed E-state index contributed by atoms with van der Waals surface area (Å²) in [5, 5.41) is 2.28. The Morgan fingerprint density at radius 2 is 1.77 bits per heavy atom. The average Bonchev–Trinajstić information content (AvgIpc) is 3.21. The molecule has 0 N–H and O–H groups in total. The predicted molar refractivity (Wildman–Crippen MR) is 121 cm³/mol. The highest BCUT2D eigenvalue weighted by Crippen LogP contribution is 2.36. The fourth-order valence-electron chi connectivity index (χ4n) is 3.92. The lowest BCUT2D eigenvalue weighted by Gasteiger charge is -2.36. The third kappa shape index (κ3) is 3.40. The van der Waals surface area contributed by atoms with Crippen LogP contribution in [0.2, 0.25) is 5.15 Å². The molecule has 7 heteroatoms. The number of carbonyl (C=O) groups excluding carboxylic acids is 1. The maximum Gasteiger partial charge on any atom is 0.264 e. The van der Waals surface area contributed by atoms with E-state index in [1.54, 1.807) is 12.1 Å². The third-order valence-electron chi connectivity index (χ3n) is 5.54. The van der Waals surface area contributed by atoms with Gasteiger partial charge in [0.25, 0.3) is 5.91 Å². The highest BCUT2D eigenvalue weighted by atomic mass is 35.5. The zero-order valence-electron chi connectivity index (χ0n) is 16.4. The molecule has 2 aromatic heterocycles. The number of hydrogen-bond donors (Lipinski definition) is 0. The van der Waals surface area contributed by atoms with Gasteiger partial charge in [0.15, 0.2) is 0 Å². The highest BCUT2D eigenvalue weighted by Gasteiger charge is 2.24. The topological polar surface area (TPSA) is 36.4 Å². The molecule has 0 saturated carbocycles. The Morgan fingerprint density at radius 3 is 2.50 bits per heavy atom. The van der Waals surface area contributed by atoms with Crippen molar-refractivity contribution in [3.05, 3.63) is 69.9 Å². The van der Waals surface area contributed by atoms with Crippen LogP contribution < -0.4 is 4.90 Å². The summed E-state index contributed by atoms with van der Waals surface area (Å²) in [5.41, 5.74) is 2.96. The van der Waals surface area contributed by atoms with E-state index in [-0.39, 0.29) is 11.7 Å². The van der Waals surface area contributed by atoms with Crippen molar-refractivity contribution < 1.29 is 9.18 Å². The van der Waals surface area contributed by atoms with Gasteiger partial charge in [-0.1, -0.05) is 23.2 Å². The second-order valence-electron chi connectivity index (χ2n) is 7.53. The molecule has 0 bridgehead atoms. The van der Waals surface area contributed by atoms with Crippen LogP contribution in [0.4, 0.5) is 10.1 Å². The molecule has 1 saturated heterocycles. The van der Waals surface area contributed by atoms with E-state index in [4.69, 9.17) is 11.6 Å². The number of thiophene rings is 1. The first-order valence-corrected chi connectivity index (χ1v) is 11.0. The molecule has 3 heterocycles. The second kappa shape index (κ2) is 7.52. The van der Waals surface area contributed by atoms with Gasteiger partial charge in [-0.25, -0.2) is 9.37 Å². The van der Waals surface area contributed by atoms with E-state index >= 15 is 0 Å². The maximum atomic E-state index is 13.2. The summed E-state index contributed by atoms with van der Waals surface area (Å²) >= 11 is 7.89. The van der Waals surface area contributed by atoms with Crippen LogP contribution in [0.5, 0.6) is 0 Å². The normalized spacial score (nSPS) is 14.6. The van der Waals surface area contributed by atoms with E-state index in [9.17, 15) is 9.18 Å². The largest absolute Gasteiger partial charge is 0.368 e. The van der Waals surface area contributed by atoms with Gasteiger partial charge in [-0.3, -0.25) is 4.79 Å². The van der Waals surface area contributed by atoms with E-state index in [0.717, 1.165) is 32.2 Å². The molecule has 0 atom stereocenters. The number of fused-ring (bicyclic) bond motifs is 3. The van der Waals surface area contributed by atoms with E-state index in [2.05, 4.69) is 16.0 Å². The molecule has 4 aromatic rings. The smallest absolute Gasteiger partial charge is 0.264 e. The molecule has 0 unspecified atom stereocenters. The first-order valence-electron chi connectivity index (χ1n) is 9.79. The van der Waals surface area contributed by atoms with E-state index in [0.29, 0.717) is 36.2 Å². The molecule has 1 aliphatic rings. The van der Waals surface area contributed by atoms with Crippen LogP contribution in [0.3, 0.4) is 0 Å². The van der Waals surface area contributed by atoms with Crippen LogP contribution in [-0.2, 0) is 0 Å².